The fourth-order valence-corrected chi connectivity index (χ4v) is 7.17. The summed E-state index contributed by atoms with van der Waals surface area (Å²) < 4.78 is 43.1. The Morgan fingerprint density at radius 3 is 2.13 bits per heavy atom. The van der Waals surface area contributed by atoms with Gasteiger partial charge in [0.15, 0.2) is 0 Å². The van der Waals surface area contributed by atoms with Crippen molar-refractivity contribution in [2.75, 3.05) is 10.8 Å². The van der Waals surface area contributed by atoms with Crippen LogP contribution in [0.15, 0.2) is 114 Å². The van der Waals surface area contributed by atoms with E-state index in [1.807, 2.05) is 43.3 Å². The lowest BCUT2D eigenvalue weighted by Gasteiger charge is -2.34. The van der Waals surface area contributed by atoms with E-state index in [2.05, 4.69) is 5.32 Å². The number of benzene rings is 4. The van der Waals surface area contributed by atoms with Gasteiger partial charge in [-0.15, -0.1) is 0 Å². The second-order valence-electron chi connectivity index (χ2n) is 11.5. The Kier molecular flexibility index (Phi) is 10.3. The topological polar surface area (TPSA) is 86.8 Å². The average Bonchev–Trinajstić information content (AvgIpc) is 3.56. The van der Waals surface area contributed by atoms with Gasteiger partial charge in [0, 0.05) is 19.0 Å². The minimum Gasteiger partial charge on any atom is -0.352 e. The van der Waals surface area contributed by atoms with Gasteiger partial charge in [-0.2, -0.15) is 0 Å². The standard InChI is InChI=1S/C36H38FN3O4S/c1-27-11-10-16-32(23-27)40(45(43,44)33-17-6-3-7-18-33)26-35(41)39(25-29-19-21-30(37)22-20-29)34(24-28-12-4-2-5-13-28)36(42)38-31-14-8-9-15-31/h2-7,10-13,16-23,31,34H,8-9,14-15,24-26H2,1H3,(H,38,42)/t34-/m1/s1. The Bertz CT molecular complexity index is 1690. The molecule has 0 radical (unpaired) electrons. The molecule has 1 aliphatic carbocycles. The van der Waals surface area contributed by atoms with Crippen LogP contribution in [-0.4, -0.2) is 43.8 Å². The molecule has 9 heteroatoms. The lowest BCUT2D eigenvalue weighted by Crippen LogP contribution is -2.54. The number of hydrogen-bond donors (Lipinski definition) is 1. The first-order valence-corrected chi connectivity index (χ1v) is 16.7. The number of anilines is 1. The van der Waals surface area contributed by atoms with Crippen LogP contribution in [0.25, 0.3) is 0 Å². The third kappa shape index (κ3) is 8.16. The van der Waals surface area contributed by atoms with Crippen molar-refractivity contribution in [3.05, 3.63) is 132 Å². The monoisotopic (exact) mass is 627 g/mol. The molecule has 5 rings (SSSR count). The van der Waals surface area contributed by atoms with Crippen LogP contribution >= 0.6 is 0 Å². The lowest BCUT2D eigenvalue weighted by atomic mass is 10.0. The fraction of sp³-hybridized carbons (Fsp3) is 0.278. The number of aryl methyl sites for hydroxylation is 1. The predicted molar refractivity (Wildman–Crippen MR) is 173 cm³/mol. The molecule has 2 amide bonds. The Morgan fingerprint density at radius 2 is 1.49 bits per heavy atom. The molecule has 0 heterocycles. The quantitative estimate of drug-likeness (QED) is 0.208. The first-order valence-electron chi connectivity index (χ1n) is 15.2. The second-order valence-corrected chi connectivity index (χ2v) is 13.4. The van der Waals surface area contributed by atoms with Crippen LogP contribution in [0.1, 0.15) is 42.4 Å². The maximum Gasteiger partial charge on any atom is 0.264 e. The highest BCUT2D eigenvalue weighted by atomic mass is 32.2. The molecule has 1 fully saturated rings. The second kappa shape index (κ2) is 14.5. The van der Waals surface area contributed by atoms with Crippen LogP contribution in [-0.2, 0) is 32.6 Å². The average molecular weight is 628 g/mol. The zero-order chi connectivity index (χ0) is 31.8. The summed E-state index contributed by atoms with van der Waals surface area (Å²) >= 11 is 0. The highest BCUT2D eigenvalue weighted by Crippen LogP contribution is 2.26. The van der Waals surface area contributed by atoms with Crippen LogP contribution in [0.4, 0.5) is 10.1 Å². The first kappa shape index (κ1) is 31.9. The van der Waals surface area contributed by atoms with E-state index in [-0.39, 0.29) is 29.8 Å². The third-order valence-electron chi connectivity index (χ3n) is 8.14. The molecular formula is C36H38FN3O4S. The van der Waals surface area contributed by atoms with Gasteiger partial charge in [0.05, 0.1) is 10.6 Å². The summed E-state index contributed by atoms with van der Waals surface area (Å²) in [6.07, 6.45) is 4.01. The SMILES string of the molecule is Cc1cccc(N(CC(=O)N(Cc2ccc(F)cc2)[C@H](Cc2ccccc2)C(=O)NC2CCCC2)S(=O)(=O)c2ccccc2)c1. The molecule has 45 heavy (non-hydrogen) atoms. The molecule has 4 aromatic rings. The number of carbonyl (C=O) groups excluding carboxylic acids is 2. The van der Waals surface area contributed by atoms with Gasteiger partial charge in [-0.1, -0.05) is 85.6 Å². The minimum atomic E-state index is -4.17. The van der Waals surface area contributed by atoms with Gasteiger partial charge in [0.2, 0.25) is 11.8 Å². The lowest BCUT2D eigenvalue weighted by molar-refractivity contribution is -0.140. The minimum absolute atomic E-state index is 0.0122. The Morgan fingerprint density at radius 1 is 0.844 bits per heavy atom. The predicted octanol–water partition coefficient (Wildman–Crippen LogP) is 6.03. The summed E-state index contributed by atoms with van der Waals surface area (Å²) in [7, 11) is -4.17. The Labute approximate surface area is 264 Å². The van der Waals surface area contributed by atoms with E-state index in [9.17, 15) is 22.4 Å². The van der Waals surface area contributed by atoms with E-state index in [1.54, 1.807) is 48.5 Å². The van der Waals surface area contributed by atoms with Crippen molar-refractivity contribution >= 4 is 27.5 Å². The number of hydrogen-bond acceptors (Lipinski definition) is 4. The first-order chi connectivity index (χ1) is 21.7. The highest BCUT2D eigenvalue weighted by Gasteiger charge is 2.35. The van der Waals surface area contributed by atoms with Gasteiger partial charge >= 0.3 is 0 Å². The van der Waals surface area contributed by atoms with Crippen molar-refractivity contribution < 1.29 is 22.4 Å². The number of carbonyl (C=O) groups is 2. The van der Waals surface area contributed by atoms with Crippen LogP contribution < -0.4 is 9.62 Å². The zero-order valence-electron chi connectivity index (χ0n) is 25.3. The molecule has 7 nitrogen and oxygen atoms in total. The molecule has 0 saturated heterocycles. The maximum atomic E-state index is 14.5. The van der Waals surface area contributed by atoms with Gasteiger partial charge in [0.1, 0.15) is 18.4 Å². The summed E-state index contributed by atoms with van der Waals surface area (Å²) in [4.78, 5) is 30.0. The van der Waals surface area contributed by atoms with Gasteiger partial charge in [-0.25, -0.2) is 12.8 Å². The summed E-state index contributed by atoms with van der Waals surface area (Å²) in [6, 6.07) is 29.2. The molecule has 0 bridgehead atoms. The molecule has 0 spiro atoms. The molecule has 1 saturated carbocycles. The van der Waals surface area contributed by atoms with Crippen molar-refractivity contribution in [1.82, 2.24) is 10.2 Å². The van der Waals surface area contributed by atoms with E-state index >= 15 is 0 Å². The van der Waals surface area contributed by atoms with Crippen molar-refractivity contribution in [3.8, 4) is 0 Å². The molecule has 0 unspecified atom stereocenters. The summed E-state index contributed by atoms with van der Waals surface area (Å²) in [6.45, 7) is 1.30. The number of amides is 2. The van der Waals surface area contributed by atoms with Crippen molar-refractivity contribution in [2.24, 2.45) is 0 Å². The number of nitrogens with zero attached hydrogens (tertiary/aromatic N) is 2. The van der Waals surface area contributed by atoms with E-state index in [1.165, 1.54) is 29.2 Å². The van der Waals surface area contributed by atoms with Crippen LogP contribution in [0.3, 0.4) is 0 Å². The maximum absolute atomic E-state index is 14.5. The number of rotatable bonds is 12. The summed E-state index contributed by atoms with van der Waals surface area (Å²) in [5.41, 5.74) is 2.64. The van der Waals surface area contributed by atoms with Crippen LogP contribution in [0.5, 0.6) is 0 Å². The Balaban J connectivity index is 1.56. The van der Waals surface area contributed by atoms with E-state index < -0.39 is 34.3 Å². The normalized spacial score (nSPS) is 14.1. The van der Waals surface area contributed by atoms with E-state index in [0.29, 0.717) is 11.3 Å². The van der Waals surface area contributed by atoms with Crippen LogP contribution in [0.2, 0.25) is 0 Å². The largest absolute Gasteiger partial charge is 0.352 e. The number of sulfonamides is 1. The summed E-state index contributed by atoms with van der Waals surface area (Å²) in [5.74, 6) is -1.27. The van der Waals surface area contributed by atoms with Gasteiger partial charge in [-0.3, -0.25) is 13.9 Å². The van der Waals surface area contributed by atoms with Crippen molar-refractivity contribution in [3.63, 3.8) is 0 Å². The van der Waals surface area contributed by atoms with Crippen molar-refractivity contribution in [1.29, 1.82) is 0 Å². The molecule has 1 atom stereocenters. The molecule has 0 aromatic heterocycles. The van der Waals surface area contributed by atoms with Gasteiger partial charge < -0.3 is 10.2 Å². The molecule has 1 aliphatic rings. The number of halogens is 1. The number of nitrogens with one attached hydrogen (secondary N) is 1. The molecule has 1 N–H and O–H groups in total. The van der Waals surface area contributed by atoms with Crippen molar-refractivity contribution in [2.45, 2.75) is 62.6 Å². The van der Waals surface area contributed by atoms with Gasteiger partial charge in [-0.05, 0) is 72.9 Å². The summed E-state index contributed by atoms with van der Waals surface area (Å²) in [5, 5.41) is 3.15. The molecule has 234 valence electrons. The Hall–Kier alpha value is -4.50. The molecular weight excluding hydrogens is 589 g/mol. The van der Waals surface area contributed by atoms with E-state index in [0.717, 1.165) is 41.1 Å². The third-order valence-corrected chi connectivity index (χ3v) is 9.93. The molecule has 0 aliphatic heterocycles. The molecule has 4 aromatic carbocycles. The highest BCUT2D eigenvalue weighted by molar-refractivity contribution is 7.92. The fourth-order valence-electron chi connectivity index (χ4n) is 5.74. The zero-order valence-corrected chi connectivity index (χ0v) is 26.1. The smallest absolute Gasteiger partial charge is 0.264 e. The van der Waals surface area contributed by atoms with Gasteiger partial charge in [0.25, 0.3) is 10.0 Å². The van der Waals surface area contributed by atoms with Crippen LogP contribution in [0, 0.1) is 12.7 Å². The van der Waals surface area contributed by atoms with E-state index in [4.69, 9.17) is 0 Å².